The van der Waals surface area contributed by atoms with Crippen molar-refractivity contribution in [1.82, 2.24) is 9.55 Å². The summed E-state index contributed by atoms with van der Waals surface area (Å²) in [6, 6.07) is 0.759. The molecular weight excluding hydrogens is 632 g/mol. The Hall–Kier alpha value is -1.36. The zero-order valence-electron chi connectivity index (χ0n) is 20.3. The van der Waals surface area contributed by atoms with Gasteiger partial charge in [0.1, 0.15) is 37.1 Å². The molecule has 1 aromatic rings. The molecule has 0 amide bonds. The molecule has 2 aliphatic rings. The van der Waals surface area contributed by atoms with E-state index in [-0.39, 0.29) is 0 Å². The van der Waals surface area contributed by atoms with Crippen molar-refractivity contribution >= 4 is 26.3 Å². The summed E-state index contributed by atoms with van der Waals surface area (Å²) in [4.78, 5) is 45.4. The van der Waals surface area contributed by atoms with Crippen LogP contribution in [-0.4, -0.2) is 118 Å². The van der Waals surface area contributed by atoms with E-state index in [1.807, 2.05) is 0 Å². The van der Waals surface area contributed by atoms with E-state index in [9.17, 15) is 49.5 Å². The third-order valence-electron chi connectivity index (χ3n) is 5.97. The highest BCUT2D eigenvalue weighted by Gasteiger charge is 2.66. The minimum atomic E-state index is -5.68. The van der Waals surface area contributed by atoms with Gasteiger partial charge in [0, 0.05) is 12.3 Å². The van der Waals surface area contributed by atoms with Crippen LogP contribution in [0.2, 0.25) is 0 Å². The number of nitrogens with one attached hydrogen (secondary N) is 1. The SMILES string of the molecule is C=C[C@]1(F)[C@H](n2ccc(=O)[nH]c2=O)O[C@](F)(COP(O)(=S)OP(=O)(O)OC2OC([C@@H](O)CO)C(O)C(O)C2O)[C@H]1O. The molecule has 0 saturated carbocycles. The second-order valence-electron chi connectivity index (χ2n) is 8.80. The number of alkyl halides is 2. The predicted molar refractivity (Wildman–Crippen MR) is 130 cm³/mol. The summed E-state index contributed by atoms with van der Waals surface area (Å²) in [6.45, 7) is -4.66. The number of phosphoric ester groups is 1. The highest BCUT2D eigenvalue weighted by atomic mass is 32.5. The molecule has 0 aromatic carbocycles. The van der Waals surface area contributed by atoms with E-state index >= 15 is 8.78 Å². The van der Waals surface area contributed by atoms with Crippen molar-refractivity contribution in [2.75, 3.05) is 13.2 Å². The van der Waals surface area contributed by atoms with E-state index in [1.165, 1.54) is 0 Å². The summed E-state index contributed by atoms with van der Waals surface area (Å²) >= 11 is 4.51. The monoisotopic (exact) mass is 658 g/mol. The topological polar surface area (TPSA) is 280 Å². The summed E-state index contributed by atoms with van der Waals surface area (Å²) in [6.07, 6.45) is -16.4. The Morgan fingerprint density at radius 1 is 1.22 bits per heavy atom. The molecule has 3 heterocycles. The number of aliphatic hydroxyl groups excluding tert-OH is 6. The predicted octanol–water partition coefficient (Wildman–Crippen LogP) is -3.49. The molecule has 3 rings (SSSR count). The number of aliphatic hydroxyl groups is 6. The molecular formula is C18H26F2N2O16P2S. The molecule has 2 fully saturated rings. The molecule has 0 aliphatic carbocycles. The second-order valence-corrected chi connectivity index (χ2v) is 13.2. The maximum absolute atomic E-state index is 15.6. The van der Waals surface area contributed by atoms with Crippen molar-refractivity contribution in [3.63, 3.8) is 0 Å². The average Bonchev–Trinajstić information content (AvgIpc) is 3.08. The van der Waals surface area contributed by atoms with Crippen LogP contribution >= 0.6 is 14.5 Å². The van der Waals surface area contributed by atoms with Crippen LogP contribution in [0, 0.1) is 0 Å². The van der Waals surface area contributed by atoms with Gasteiger partial charge in [-0.1, -0.05) is 6.58 Å². The van der Waals surface area contributed by atoms with Crippen molar-refractivity contribution in [1.29, 1.82) is 0 Å². The molecule has 0 bridgehead atoms. The lowest BCUT2D eigenvalue weighted by Gasteiger charge is -2.41. The Balaban J connectivity index is 1.74. The van der Waals surface area contributed by atoms with Gasteiger partial charge < -0.3 is 54.4 Å². The van der Waals surface area contributed by atoms with Crippen LogP contribution in [0.5, 0.6) is 0 Å². The van der Waals surface area contributed by atoms with Gasteiger partial charge in [-0.3, -0.25) is 18.9 Å². The molecule has 234 valence electrons. The van der Waals surface area contributed by atoms with Crippen LogP contribution < -0.4 is 11.2 Å². The number of rotatable bonds is 11. The number of H-pyrrole nitrogens is 1. The van der Waals surface area contributed by atoms with Crippen molar-refractivity contribution in [3.05, 3.63) is 45.8 Å². The zero-order valence-corrected chi connectivity index (χ0v) is 22.9. The van der Waals surface area contributed by atoms with Gasteiger partial charge in [-0.15, -0.1) is 0 Å². The molecule has 0 radical (unpaired) electrons. The number of hydrogen-bond acceptors (Lipinski definition) is 15. The normalized spacial score (nSPS) is 39.5. The van der Waals surface area contributed by atoms with E-state index in [1.54, 1.807) is 4.98 Å². The smallest absolute Gasteiger partial charge is 0.394 e. The van der Waals surface area contributed by atoms with Gasteiger partial charge in [-0.2, -0.15) is 0 Å². The molecule has 2 saturated heterocycles. The van der Waals surface area contributed by atoms with Crippen LogP contribution in [0.4, 0.5) is 8.78 Å². The summed E-state index contributed by atoms with van der Waals surface area (Å²) in [5.41, 5.74) is -5.41. The zero-order chi connectivity index (χ0) is 31.1. The van der Waals surface area contributed by atoms with Gasteiger partial charge in [0.05, 0.1) is 6.61 Å². The maximum atomic E-state index is 15.6. The number of nitrogens with zero attached hydrogens (tertiary/aromatic N) is 1. The van der Waals surface area contributed by atoms with Crippen LogP contribution in [0.3, 0.4) is 0 Å². The van der Waals surface area contributed by atoms with Crippen LogP contribution in [0.15, 0.2) is 34.5 Å². The van der Waals surface area contributed by atoms with Crippen molar-refractivity contribution in [2.24, 2.45) is 0 Å². The van der Waals surface area contributed by atoms with Crippen molar-refractivity contribution < 1.29 is 76.6 Å². The number of ether oxygens (including phenoxy) is 2. The molecule has 2 aliphatic heterocycles. The highest BCUT2D eigenvalue weighted by molar-refractivity contribution is 8.08. The van der Waals surface area contributed by atoms with Crippen molar-refractivity contribution in [3.8, 4) is 0 Å². The Morgan fingerprint density at radius 3 is 2.41 bits per heavy atom. The van der Waals surface area contributed by atoms with Crippen molar-refractivity contribution in [2.45, 2.75) is 60.7 Å². The van der Waals surface area contributed by atoms with Gasteiger partial charge in [-0.05, 0) is 17.9 Å². The quantitative estimate of drug-likeness (QED) is 0.0824. The van der Waals surface area contributed by atoms with Crippen LogP contribution in [-0.2, 0) is 39.2 Å². The standard InChI is InChI=1S/C18H26F2N2O16P2S/c1-2-17(19)14(29)18(20,36-15(17)22-4-3-8(25)21-16(22)30)6-34-40(33,41)38-39(31,32)37-13-11(28)9(26)10(27)12(35-13)7(24)5-23/h2-4,7,9-15,23-24,26-29H,1,5-6H2,(H,31,32)(H,33,41)(H,21,25,30)/t7-,9?,10?,11?,12?,13?,14-,15+,17+,18+,40?/m0/s1. The third kappa shape index (κ3) is 7.07. The Bertz CT molecular complexity index is 1340. The minimum Gasteiger partial charge on any atom is -0.394 e. The average molecular weight is 658 g/mol. The third-order valence-corrected chi connectivity index (χ3v) is 9.47. The van der Waals surface area contributed by atoms with Gasteiger partial charge in [0.2, 0.25) is 5.67 Å². The lowest BCUT2D eigenvalue weighted by atomic mass is 9.95. The summed E-state index contributed by atoms with van der Waals surface area (Å²) in [5.74, 6) is -3.63. The first-order valence-corrected chi connectivity index (χ1v) is 15.3. The number of phosphoric acid groups is 1. The Kier molecular flexibility index (Phi) is 10.3. The first-order chi connectivity index (χ1) is 18.8. The van der Waals surface area contributed by atoms with Gasteiger partial charge >= 0.3 is 20.2 Å². The highest BCUT2D eigenvalue weighted by Crippen LogP contribution is 2.62. The fraction of sp³-hybridized carbons (Fsp3) is 0.667. The van der Waals surface area contributed by atoms with E-state index in [4.69, 9.17) is 14.6 Å². The molecule has 41 heavy (non-hydrogen) atoms. The number of aromatic nitrogens is 2. The fourth-order valence-corrected chi connectivity index (χ4v) is 6.95. The van der Waals surface area contributed by atoms with Crippen LogP contribution in [0.1, 0.15) is 6.23 Å². The number of aromatic amines is 1. The first-order valence-electron chi connectivity index (χ1n) is 11.2. The van der Waals surface area contributed by atoms with E-state index in [0.29, 0.717) is 10.6 Å². The van der Waals surface area contributed by atoms with Gasteiger partial charge in [0.15, 0.2) is 18.6 Å². The minimum absolute atomic E-state index is 0.372. The van der Waals surface area contributed by atoms with E-state index in [0.717, 1.165) is 12.3 Å². The molecule has 23 heteroatoms. The van der Waals surface area contributed by atoms with Gasteiger partial charge in [-0.25, -0.2) is 22.5 Å². The fourth-order valence-electron chi connectivity index (χ4n) is 3.87. The number of hydrogen-bond donors (Lipinski definition) is 9. The molecule has 7 unspecified atom stereocenters. The molecule has 0 spiro atoms. The largest absolute Gasteiger partial charge is 0.481 e. The lowest BCUT2D eigenvalue weighted by Crippen LogP contribution is -2.61. The molecule has 12 atom stereocenters. The van der Waals surface area contributed by atoms with E-state index in [2.05, 4.69) is 31.7 Å². The summed E-state index contributed by atoms with van der Waals surface area (Å²) in [5, 5.41) is 58.9. The van der Waals surface area contributed by atoms with Gasteiger partial charge in [0.25, 0.3) is 11.4 Å². The number of halogens is 2. The second kappa shape index (κ2) is 12.3. The van der Waals surface area contributed by atoms with E-state index < -0.39 is 99.7 Å². The Morgan fingerprint density at radius 2 is 1.85 bits per heavy atom. The Labute approximate surface area is 232 Å². The van der Waals surface area contributed by atoms with Crippen LogP contribution in [0.25, 0.3) is 0 Å². The summed E-state index contributed by atoms with van der Waals surface area (Å²) < 4.78 is 67.1. The molecule has 18 nitrogen and oxygen atoms in total. The lowest BCUT2D eigenvalue weighted by molar-refractivity contribution is -0.292. The molecule has 9 N–H and O–H groups in total. The first kappa shape index (κ1) is 34.1. The molecule has 1 aromatic heterocycles. The summed E-state index contributed by atoms with van der Waals surface area (Å²) in [7, 11) is -5.68. The maximum Gasteiger partial charge on any atom is 0.481 e.